The molecular formula is C24H24N4O6. The van der Waals surface area contributed by atoms with Crippen LogP contribution in [-0.2, 0) is 21.4 Å². The van der Waals surface area contributed by atoms with Crippen molar-refractivity contribution in [3.8, 4) is 11.1 Å². The highest BCUT2D eigenvalue weighted by atomic mass is 16.5. The maximum Gasteiger partial charge on any atom is 0.408 e. The molecule has 34 heavy (non-hydrogen) atoms. The second-order valence-corrected chi connectivity index (χ2v) is 7.86. The van der Waals surface area contributed by atoms with Gasteiger partial charge in [-0.3, -0.25) is 9.48 Å². The molecule has 2 atom stereocenters. The van der Waals surface area contributed by atoms with Crippen LogP contribution in [-0.4, -0.2) is 57.2 Å². The van der Waals surface area contributed by atoms with Crippen LogP contribution in [0.1, 0.15) is 28.8 Å². The number of carboxylic acids is 1. The van der Waals surface area contributed by atoms with E-state index in [1.165, 1.54) is 16.9 Å². The molecule has 0 saturated carbocycles. The van der Waals surface area contributed by atoms with E-state index in [1.54, 1.807) is 7.05 Å². The van der Waals surface area contributed by atoms with Crippen molar-refractivity contribution in [3.63, 3.8) is 0 Å². The number of hydrogen-bond donors (Lipinski definition) is 4. The van der Waals surface area contributed by atoms with Crippen molar-refractivity contribution in [2.75, 3.05) is 13.2 Å². The summed E-state index contributed by atoms with van der Waals surface area (Å²) in [6.07, 6.45) is 0.592. The largest absolute Gasteiger partial charge is 0.480 e. The summed E-state index contributed by atoms with van der Waals surface area (Å²) in [6.45, 7) is -0.752. The van der Waals surface area contributed by atoms with Crippen LogP contribution in [0.25, 0.3) is 11.1 Å². The predicted molar refractivity (Wildman–Crippen MR) is 121 cm³/mol. The van der Waals surface area contributed by atoms with Gasteiger partial charge in [0.05, 0.1) is 12.3 Å². The zero-order valence-electron chi connectivity index (χ0n) is 18.3. The van der Waals surface area contributed by atoms with Crippen LogP contribution in [0.3, 0.4) is 0 Å². The molecule has 1 aromatic heterocycles. The normalized spacial score (nSPS) is 13.9. The number of carbonyl (C=O) groups excluding carboxylic acids is 2. The number of amides is 2. The molecule has 4 N–H and O–H groups in total. The number of aryl methyl sites for hydroxylation is 1. The Balaban J connectivity index is 1.49. The molecule has 0 saturated heterocycles. The SMILES string of the molecule is Cn1nccc1C(NC(=O)OCC1c2ccccc2-c2ccccc21)C(=O)N[C@H](CO)C(=O)O. The molecule has 176 valence electrons. The van der Waals surface area contributed by atoms with Gasteiger partial charge in [-0.25, -0.2) is 9.59 Å². The van der Waals surface area contributed by atoms with Crippen LogP contribution in [0.2, 0.25) is 0 Å². The minimum absolute atomic E-state index is 0.0496. The molecule has 10 nitrogen and oxygen atoms in total. The average Bonchev–Trinajstić information content (AvgIpc) is 3.40. The maximum absolute atomic E-state index is 12.8. The summed E-state index contributed by atoms with van der Waals surface area (Å²) in [5.74, 6) is -2.38. The van der Waals surface area contributed by atoms with Crippen LogP contribution in [0.5, 0.6) is 0 Å². The Morgan fingerprint density at radius 3 is 2.18 bits per heavy atom. The first kappa shape index (κ1) is 23.0. The number of hydrogen-bond acceptors (Lipinski definition) is 6. The van der Waals surface area contributed by atoms with Gasteiger partial charge in [-0.15, -0.1) is 0 Å². The van der Waals surface area contributed by atoms with Crippen LogP contribution in [0.15, 0.2) is 60.8 Å². The van der Waals surface area contributed by atoms with Crippen molar-refractivity contribution in [2.24, 2.45) is 7.05 Å². The molecule has 1 heterocycles. The zero-order valence-corrected chi connectivity index (χ0v) is 18.3. The molecule has 4 rings (SSSR count). The van der Waals surface area contributed by atoms with E-state index in [0.29, 0.717) is 5.69 Å². The fourth-order valence-electron chi connectivity index (χ4n) is 4.14. The number of rotatable bonds is 8. The third-order valence-electron chi connectivity index (χ3n) is 5.82. The van der Waals surface area contributed by atoms with Crippen LogP contribution in [0.4, 0.5) is 4.79 Å². The van der Waals surface area contributed by atoms with Gasteiger partial charge >= 0.3 is 12.1 Å². The molecule has 0 fully saturated rings. The van der Waals surface area contributed by atoms with Gasteiger partial charge in [0.1, 0.15) is 12.6 Å². The van der Waals surface area contributed by atoms with Crippen LogP contribution >= 0.6 is 0 Å². The lowest BCUT2D eigenvalue weighted by Crippen LogP contribution is -2.49. The highest BCUT2D eigenvalue weighted by molar-refractivity contribution is 5.90. The highest BCUT2D eigenvalue weighted by Gasteiger charge is 2.32. The van der Waals surface area contributed by atoms with E-state index in [4.69, 9.17) is 9.84 Å². The summed E-state index contributed by atoms with van der Waals surface area (Å²) in [5.41, 5.74) is 4.58. The minimum Gasteiger partial charge on any atom is -0.480 e. The molecule has 0 spiro atoms. The Labute approximate surface area is 195 Å². The van der Waals surface area contributed by atoms with Crippen molar-refractivity contribution >= 4 is 18.0 Å². The van der Waals surface area contributed by atoms with Gasteiger partial charge in [0.2, 0.25) is 5.91 Å². The summed E-state index contributed by atoms with van der Waals surface area (Å²) >= 11 is 0. The van der Waals surface area contributed by atoms with Gasteiger partial charge in [0, 0.05) is 19.2 Å². The maximum atomic E-state index is 12.8. The molecule has 1 aliphatic carbocycles. The van der Waals surface area contributed by atoms with Crippen molar-refractivity contribution in [2.45, 2.75) is 18.0 Å². The zero-order chi connectivity index (χ0) is 24.2. The van der Waals surface area contributed by atoms with Crippen molar-refractivity contribution < 1.29 is 29.3 Å². The lowest BCUT2D eigenvalue weighted by Gasteiger charge is -2.21. The topological polar surface area (TPSA) is 143 Å². The van der Waals surface area contributed by atoms with Gasteiger partial charge in [0.25, 0.3) is 0 Å². The van der Waals surface area contributed by atoms with Crippen molar-refractivity contribution in [3.05, 3.63) is 77.6 Å². The number of aliphatic hydroxyl groups is 1. The molecule has 0 bridgehead atoms. The Hall–Kier alpha value is -4.18. The second-order valence-electron chi connectivity index (χ2n) is 7.86. The number of aromatic nitrogens is 2. The van der Waals surface area contributed by atoms with E-state index in [0.717, 1.165) is 22.3 Å². The van der Waals surface area contributed by atoms with E-state index in [1.807, 2.05) is 48.5 Å². The predicted octanol–water partition coefficient (Wildman–Crippen LogP) is 1.56. The minimum atomic E-state index is -1.52. The number of carbonyl (C=O) groups is 3. The van der Waals surface area contributed by atoms with Gasteiger partial charge in [0.15, 0.2) is 6.04 Å². The first-order valence-electron chi connectivity index (χ1n) is 10.6. The van der Waals surface area contributed by atoms with E-state index in [-0.39, 0.29) is 12.5 Å². The number of carboxylic acid groups (broad SMARTS) is 1. The van der Waals surface area contributed by atoms with Gasteiger partial charge in [-0.2, -0.15) is 5.10 Å². The van der Waals surface area contributed by atoms with Gasteiger partial charge in [-0.1, -0.05) is 48.5 Å². The monoisotopic (exact) mass is 464 g/mol. The number of nitrogens with zero attached hydrogens (tertiary/aromatic N) is 2. The fourth-order valence-corrected chi connectivity index (χ4v) is 4.14. The molecule has 1 aliphatic rings. The molecule has 2 amide bonds. The molecular weight excluding hydrogens is 440 g/mol. The molecule has 0 aliphatic heterocycles. The summed E-state index contributed by atoms with van der Waals surface area (Å²) in [6, 6.07) is 14.5. The molecule has 3 aromatic rings. The molecule has 10 heteroatoms. The number of benzene rings is 2. The Morgan fingerprint density at radius 1 is 1.03 bits per heavy atom. The van der Waals surface area contributed by atoms with E-state index in [9.17, 15) is 19.5 Å². The number of alkyl carbamates (subject to hydrolysis) is 1. The van der Waals surface area contributed by atoms with E-state index >= 15 is 0 Å². The summed E-state index contributed by atoms with van der Waals surface area (Å²) in [7, 11) is 1.58. The van der Waals surface area contributed by atoms with Crippen molar-refractivity contribution in [1.29, 1.82) is 0 Å². The highest BCUT2D eigenvalue weighted by Crippen LogP contribution is 2.44. The van der Waals surface area contributed by atoms with Gasteiger partial charge < -0.3 is 25.6 Å². The number of fused-ring (bicyclic) bond motifs is 3. The number of nitrogens with one attached hydrogen (secondary N) is 2. The third kappa shape index (κ3) is 4.48. The second kappa shape index (κ2) is 9.75. The van der Waals surface area contributed by atoms with E-state index in [2.05, 4.69) is 15.7 Å². The molecule has 0 radical (unpaired) electrons. The Morgan fingerprint density at radius 2 is 1.65 bits per heavy atom. The first-order chi connectivity index (χ1) is 16.4. The third-order valence-corrected chi connectivity index (χ3v) is 5.82. The average molecular weight is 464 g/mol. The lowest BCUT2D eigenvalue weighted by atomic mass is 9.98. The standard InChI is InChI=1S/C24H24N4O6/c1-28-20(10-11-25-28)21(22(30)26-19(12-29)23(31)32)27-24(33)34-13-18-16-8-4-2-6-14(16)15-7-3-5-9-17(15)18/h2-11,18-19,21,29H,12-13H2,1H3,(H,26,30)(H,27,33)(H,31,32)/t19-,21?/m1/s1. The number of aliphatic hydroxyl groups excluding tert-OH is 1. The summed E-state index contributed by atoms with van der Waals surface area (Å²) in [4.78, 5) is 36.7. The summed E-state index contributed by atoms with van der Waals surface area (Å²) < 4.78 is 6.89. The van der Waals surface area contributed by atoms with Crippen LogP contribution in [0, 0.1) is 0 Å². The lowest BCUT2D eigenvalue weighted by molar-refractivity contribution is -0.143. The van der Waals surface area contributed by atoms with Gasteiger partial charge in [-0.05, 0) is 28.3 Å². The molecule has 1 unspecified atom stereocenters. The number of ether oxygens (including phenoxy) is 1. The quantitative estimate of drug-likeness (QED) is 0.396. The first-order valence-corrected chi connectivity index (χ1v) is 10.6. The van der Waals surface area contributed by atoms with E-state index < -0.39 is 36.7 Å². The fraction of sp³-hybridized carbons (Fsp3) is 0.250. The Bertz CT molecular complexity index is 1180. The number of aliphatic carboxylic acids is 1. The molecule has 2 aromatic carbocycles. The van der Waals surface area contributed by atoms with Crippen molar-refractivity contribution in [1.82, 2.24) is 20.4 Å². The smallest absolute Gasteiger partial charge is 0.408 e. The summed E-state index contributed by atoms with van der Waals surface area (Å²) in [5, 5.41) is 27.1. The Kier molecular flexibility index (Phi) is 6.60. The van der Waals surface area contributed by atoms with Crippen LogP contribution < -0.4 is 10.6 Å².